The summed E-state index contributed by atoms with van der Waals surface area (Å²) in [6.45, 7) is 12.7. The van der Waals surface area contributed by atoms with E-state index in [1.54, 1.807) is 12.2 Å². The fourth-order valence-corrected chi connectivity index (χ4v) is 13.2. The molecule has 0 heterocycles. The Hall–Kier alpha value is -2.18. The Labute approximate surface area is 274 Å². The fourth-order valence-electron chi connectivity index (χ4n) is 13.2. The van der Waals surface area contributed by atoms with E-state index in [1.807, 2.05) is 19.1 Å². The van der Waals surface area contributed by atoms with Gasteiger partial charge in [-0.25, -0.2) is 0 Å². The molecule has 0 aromatic carbocycles. The van der Waals surface area contributed by atoms with Crippen LogP contribution in [0.3, 0.4) is 0 Å². The predicted octanol–water partition coefficient (Wildman–Crippen LogP) is 6.38. The van der Waals surface area contributed by atoms with Crippen molar-refractivity contribution in [2.45, 2.75) is 118 Å². The van der Waals surface area contributed by atoms with Crippen LogP contribution in [-0.4, -0.2) is 45.6 Å². The number of allylic oxidation sites excluding steroid dienone is 5. The molecule has 8 aliphatic carbocycles. The van der Waals surface area contributed by atoms with Crippen LogP contribution in [0.1, 0.15) is 106 Å². The van der Waals surface area contributed by atoms with E-state index in [-0.39, 0.29) is 56.9 Å². The molecular weight excluding hydrogens is 576 g/mol. The summed E-state index contributed by atoms with van der Waals surface area (Å²) < 4.78 is 0. The standard InChI is InChI=1S/C20H28O3.C20H26O3/c2*1-11-8-15-14-5-4-12-9-13(21)6-7-19(12,2)17(14)16(22)10-20(15,3)18(11)23/h9,11,14-17,22H,4-8,10H2,1-3H3;6-7,9,11,14-17,22H,4-5,8,10H2,1-3H3/t2*11-,14+,15+,16+,17-,19+,20+/m11/s1. The predicted molar refractivity (Wildman–Crippen MR) is 175 cm³/mol. The van der Waals surface area contributed by atoms with Crippen LogP contribution < -0.4 is 0 Å². The van der Waals surface area contributed by atoms with Gasteiger partial charge in [-0.2, -0.15) is 0 Å². The Morgan fingerprint density at radius 3 is 1.78 bits per heavy atom. The van der Waals surface area contributed by atoms with Crippen molar-refractivity contribution >= 4 is 23.1 Å². The molecule has 0 saturated heterocycles. The van der Waals surface area contributed by atoms with Gasteiger partial charge in [-0.15, -0.1) is 0 Å². The Morgan fingerprint density at radius 1 is 0.674 bits per heavy atom. The van der Waals surface area contributed by atoms with Crippen molar-refractivity contribution in [1.82, 2.24) is 0 Å². The highest BCUT2D eigenvalue weighted by molar-refractivity contribution is 6.01. The average molecular weight is 631 g/mol. The molecule has 2 N–H and O–H groups in total. The number of carbonyl (C=O) groups excluding carboxylic acids is 4. The first-order chi connectivity index (χ1) is 21.5. The Kier molecular flexibility index (Phi) is 7.50. The molecule has 0 bridgehead atoms. The van der Waals surface area contributed by atoms with Crippen LogP contribution in [0.25, 0.3) is 0 Å². The molecule has 6 saturated carbocycles. The van der Waals surface area contributed by atoms with Gasteiger partial charge in [-0.05, 0) is 111 Å². The number of aliphatic hydroxyl groups excluding tert-OH is 2. The highest BCUT2D eigenvalue weighted by atomic mass is 16.3. The molecular formula is C40H54O6. The first-order valence-corrected chi connectivity index (χ1v) is 18.2. The van der Waals surface area contributed by atoms with Crippen molar-refractivity contribution in [1.29, 1.82) is 0 Å². The molecule has 6 fully saturated rings. The minimum Gasteiger partial charge on any atom is -0.393 e. The fraction of sp³-hybridized carbons (Fsp3) is 0.750. The van der Waals surface area contributed by atoms with E-state index in [9.17, 15) is 29.4 Å². The van der Waals surface area contributed by atoms with Gasteiger partial charge < -0.3 is 10.2 Å². The van der Waals surface area contributed by atoms with E-state index < -0.39 is 12.2 Å². The molecule has 8 aliphatic rings. The maximum atomic E-state index is 12.7. The van der Waals surface area contributed by atoms with Crippen LogP contribution in [0, 0.1) is 69.0 Å². The number of aliphatic hydroxyl groups is 2. The molecule has 0 spiro atoms. The SMILES string of the molecule is C[C@@H]1C[C@H]2[C@@H]3CCC4=CC(=O)C=C[C@]4(C)[C@H]3[C@@H](O)C[C@]2(C)C1=O.C[C@@H]1C[C@H]2[C@@H]3CCC4=CC(=O)CC[C@]4(C)[C@H]3[C@@H](O)C[C@]2(C)C1=O. The van der Waals surface area contributed by atoms with Crippen LogP contribution in [-0.2, 0) is 19.2 Å². The van der Waals surface area contributed by atoms with Crippen molar-refractivity contribution in [3.8, 4) is 0 Å². The van der Waals surface area contributed by atoms with Gasteiger partial charge in [0.2, 0.25) is 0 Å². The number of rotatable bonds is 0. The number of ketones is 4. The first-order valence-electron chi connectivity index (χ1n) is 18.2. The second-order valence-corrected chi connectivity index (χ2v) is 17.8. The van der Waals surface area contributed by atoms with Gasteiger partial charge in [0, 0.05) is 40.4 Å². The molecule has 0 aliphatic heterocycles. The third kappa shape index (κ3) is 4.40. The zero-order valence-electron chi connectivity index (χ0n) is 28.7. The summed E-state index contributed by atoms with van der Waals surface area (Å²) in [5.74, 6) is 3.20. The molecule has 6 heteroatoms. The number of hydrogen-bond donors (Lipinski definition) is 2. The maximum Gasteiger partial charge on any atom is 0.178 e. The van der Waals surface area contributed by atoms with Crippen molar-refractivity contribution < 1.29 is 29.4 Å². The second-order valence-electron chi connectivity index (χ2n) is 17.8. The van der Waals surface area contributed by atoms with Gasteiger partial charge in [-0.3, -0.25) is 19.2 Å². The summed E-state index contributed by atoms with van der Waals surface area (Å²) in [5.41, 5.74) is 1.47. The van der Waals surface area contributed by atoms with Gasteiger partial charge in [0.15, 0.2) is 11.6 Å². The highest BCUT2D eigenvalue weighted by Crippen LogP contribution is 2.66. The highest BCUT2D eigenvalue weighted by Gasteiger charge is 2.64. The van der Waals surface area contributed by atoms with Crippen LogP contribution in [0.4, 0.5) is 0 Å². The lowest BCUT2D eigenvalue weighted by Crippen LogP contribution is -2.56. The number of Topliss-reactive ketones (excluding diaryl/α,β-unsaturated/α-hetero) is 2. The third-order valence-corrected chi connectivity index (χ3v) is 15.4. The monoisotopic (exact) mass is 630 g/mol. The molecule has 0 aromatic heterocycles. The van der Waals surface area contributed by atoms with E-state index in [4.69, 9.17) is 0 Å². The van der Waals surface area contributed by atoms with Gasteiger partial charge >= 0.3 is 0 Å². The normalized spacial score (nSPS) is 52.2. The van der Waals surface area contributed by atoms with Gasteiger partial charge in [-0.1, -0.05) is 58.8 Å². The lowest BCUT2D eigenvalue weighted by atomic mass is 9.46. The lowest BCUT2D eigenvalue weighted by molar-refractivity contribution is -0.147. The average Bonchev–Trinajstić information content (AvgIpc) is 3.36. The van der Waals surface area contributed by atoms with Crippen LogP contribution >= 0.6 is 0 Å². The zero-order valence-corrected chi connectivity index (χ0v) is 28.7. The summed E-state index contributed by atoms with van der Waals surface area (Å²) >= 11 is 0. The van der Waals surface area contributed by atoms with Crippen molar-refractivity contribution in [3.63, 3.8) is 0 Å². The summed E-state index contributed by atoms with van der Waals surface area (Å²) in [5, 5.41) is 22.0. The number of carbonyl (C=O) groups is 4. The van der Waals surface area contributed by atoms with Crippen molar-refractivity contribution in [2.75, 3.05) is 0 Å². The lowest BCUT2D eigenvalue weighted by Gasteiger charge is -2.58. The topological polar surface area (TPSA) is 109 Å². The van der Waals surface area contributed by atoms with Crippen LogP contribution in [0.15, 0.2) is 35.5 Å². The van der Waals surface area contributed by atoms with E-state index in [0.29, 0.717) is 54.5 Å². The summed E-state index contributed by atoms with van der Waals surface area (Å²) in [6, 6.07) is 0. The Morgan fingerprint density at radius 2 is 1.20 bits per heavy atom. The zero-order chi connectivity index (χ0) is 33.1. The smallest absolute Gasteiger partial charge is 0.178 e. The second kappa shape index (κ2) is 10.7. The minimum absolute atomic E-state index is 0.0492. The number of fused-ring (bicyclic) bond motifs is 10. The summed E-state index contributed by atoms with van der Waals surface area (Å²) in [6.07, 6.45) is 14.9. The Balaban J connectivity index is 0.000000147. The number of hydrogen-bond acceptors (Lipinski definition) is 6. The first kappa shape index (κ1) is 32.4. The molecule has 14 atom stereocenters. The Bertz CT molecular complexity index is 1460. The quantitative estimate of drug-likeness (QED) is 0.321. The van der Waals surface area contributed by atoms with Gasteiger partial charge in [0.1, 0.15) is 11.6 Å². The largest absolute Gasteiger partial charge is 0.393 e. The summed E-state index contributed by atoms with van der Waals surface area (Å²) in [7, 11) is 0. The molecule has 0 aromatic rings. The molecule has 250 valence electrons. The van der Waals surface area contributed by atoms with Crippen LogP contribution in [0.2, 0.25) is 0 Å². The molecule has 6 nitrogen and oxygen atoms in total. The van der Waals surface area contributed by atoms with Crippen LogP contribution in [0.5, 0.6) is 0 Å². The molecule has 0 amide bonds. The third-order valence-electron chi connectivity index (χ3n) is 15.4. The van der Waals surface area contributed by atoms with Crippen molar-refractivity contribution in [3.05, 3.63) is 35.5 Å². The molecule has 8 rings (SSSR count). The molecule has 0 unspecified atom stereocenters. The van der Waals surface area contributed by atoms with E-state index in [2.05, 4.69) is 34.6 Å². The van der Waals surface area contributed by atoms with E-state index in [1.165, 1.54) is 11.1 Å². The van der Waals surface area contributed by atoms with Crippen molar-refractivity contribution in [2.24, 2.45) is 69.0 Å². The van der Waals surface area contributed by atoms with Gasteiger partial charge in [0.25, 0.3) is 0 Å². The van der Waals surface area contributed by atoms with Gasteiger partial charge in [0.05, 0.1) is 12.2 Å². The molecule has 0 radical (unpaired) electrons. The maximum absolute atomic E-state index is 12.7. The minimum atomic E-state index is -0.470. The van der Waals surface area contributed by atoms with E-state index in [0.717, 1.165) is 44.9 Å². The summed E-state index contributed by atoms with van der Waals surface area (Å²) in [4.78, 5) is 49.0. The van der Waals surface area contributed by atoms with E-state index >= 15 is 0 Å². The molecule has 46 heavy (non-hydrogen) atoms.